The zero-order valence-corrected chi connectivity index (χ0v) is 9.93. The largest absolute Gasteiger partial charge is 0.392 e. The van der Waals surface area contributed by atoms with Gasteiger partial charge in [-0.05, 0) is 13.8 Å². The van der Waals surface area contributed by atoms with E-state index in [0.717, 1.165) is 10.6 Å². The van der Waals surface area contributed by atoms with E-state index in [4.69, 9.17) is 11.6 Å². The summed E-state index contributed by atoms with van der Waals surface area (Å²) >= 11 is 7.36. The number of hydrogen-bond donors (Lipinski definition) is 1. The second kappa shape index (κ2) is 4.96. The third-order valence-corrected chi connectivity index (χ3v) is 3.73. The van der Waals surface area contributed by atoms with E-state index in [1.165, 1.54) is 18.1 Å². The molecule has 0 amide bonds. The van der Waals surface area contributed by atoms with Gasteiger partial charge in [-0.1, -0.05) is 18.5 Å². The van der Waals surface area contributed by atoms with Crippen LogP contribution < -0.4 is 0 Å². The highest BCUT2D eigenvalue weighted by atomic mass is 35.5. The fourth-order valence-corrected chi connectivity index (χ4v) is 1.93. The van der Waals surface area contributed by atoms with Gasteiger partial charge >= 0.3 is 0 Å². The minimum absolute atomic E-state index is 0.0969. The van der Waals surface area contributed by atoms with Crippen LogP contribution in [0.25, 0.3) is 0 Å². The van der Waals surface area contributed by atoms with E-state index < -0.39 is 0 Å². The molecule has 3 nitrogen and oxygen atoms in total. The van der Waals surface area contributed by atoms with Crippen molar-refractivity contribution in [2.24, 2.45) is 0 Å². The summed E-state index contributed by atoms with van der Waals surface area (Å²) in [6.45, 7) is 5.58. The first-order valence-electron chi connectivity index (χ1n) is 4.34. The smallest absolute Gasteiger partial charge is 0.136 e. The monoisotopic (exact) mass is 232 g/mol. The van der Waals surface area contributed by atoms with Gasteiger partial charge in [0.25, 0.3) is 0 Å². The lowest BCUT2D eigenvalue weighted by Crippen LogP contribution is -2.15. The first-order chi connectivity index (χ1) is 6.52. The highest BCUT2D eigenvalue weighted by Gasteiger charge is 2.14. The van der Waals surface area contributed by atoms with Crippen LogP contribution in [-0.4, -0.2) is 26.4 Å². The van der Waals surface area contributed by atoms with Gasteiger partial charge in [-0.25, -0.2) is 9.97 Å². The van der Waals surface area contributed by atoms with Crippen molar-refractivity contribution in [1.29, 1.82) is 0 Å². The van der Waals surface area contributed by atoms with Gasteiger partial charge in [0.1, 0.15) is 16.5 Å². The number of thioether (sulfide) groups is 1. The summed E-state index contributed by atoms with van der Waals surface area (Å²) in [6.07, 6.45) is 1.07. The van der Waals surface area contributed by atoms with Gasteiger partial charge in [0, 0.05) is 10.8 Å². The number of aliphatic hydroxyl groups excluding tert-OH is 1. The minimum atomic E-state index is -0.367. The van der Waals surface area contributed by atoms with Gasteiger partial charge in [0.15, 0.2) is 0 Å². The van der Waals surface area contributed by atoms with Crippen LogP contribution in [0.3, 0.4) is 0 Å². The number of aromatic nitrogens is 2. The summed E-state index contributed by atoms with van der Waals surface area (Å²) in [5, 5.41) is 10.7. The Hall–Kier alpha value is -0.320. The minimum Gasteiger partial charge on any atom is -0.392 e. The molecule has 1 heterocycles. The topological polar surface area (TPSA) is 46.0 Å². The number of aliphatic hydroxyl groups is 1. The highest BCUT2D eigenvalue weighted by Crippen LogP contribution is 2.28. The molecule has 0 saturated carbocycles. The lowest BCUT2D eigenvalue weighted by molar-refractivity contribution is 0.196. The number of rotatable bonds is 3. The summed E-state index contributed by atoms with van der Waals surface area (Å²) in [5.74, 6) is 0. The van der Waals surface area contributed by atoms with Crippen LogP contribution in [0, 0.1) is 6.92 Å². The van der Waals surface area contributed by atoms with Crippen LogP contribution in [-0.2, 0) is 0 Å². The van der Waals surface area contributed by atoms with Crippen molar-refractivity contribution in [1.82, 2.24) is 9.97 Å². The van der Waals surface area contributed by atoms with Crippen molar-refractivity contribution in [3.8, 4) is 0 Å². The first kappa shape index (κ1) is 11.8. The van der Waals surface area contributed by atoms with Gasteiger partial charge < -0.3 is 5.11 Å². The molecule has 5 heteroatoms. The van der Waals surface area contributed by atoms with Crippen molar-refractivity contribution in [3.05, 3.63) is 17.0 Å². The van der Waals surface area contributed by atoms with Crippen LogP contribution >= 0.6 is 23.4 Å². The van der Waals surface area contributed by atoms with Gasteiger partial charge in [-0.2, -0.15) is 0 Å². The van der Waals surface area contributed by atoms with E-state index in [-0.39, 0.29) is 11.4 Å². The summed E-state index contributed by atoms with van der Waals surface area (Å²) in [6, 6.07) is 0. The van der Waals surface area contributed by atoms with Crippen LogP contribution in [0.1, 0.15) is 19.4 Å². The van der Waals surface area contributed by atoms with E-state index in [2.05, 4.69) is 9.97 Å². The summed E-state index contributed by atoms with van der Waals surface area (Å²) < 4.78 is 0. The zero-order valence-electron chi connectivity index (χ0n) is 8.36. The Kier molecular flexibility index (Phi) is 4.16. The second-order valence-corrected chi connectivity index (χ2v) is 4.88. The Morgan fingerprint density at radius 1 is 1.43 bits per heavy atom. The van der Waals surface area contributed by atoms with E-state index in [0.29, 0.717) is 5.15 Å². The van der Waals surface area contributed by atoms with Crippen molar-refractivity contribution < 1.29 is 5.11 Å². The first-order valence-corrected chi connectivity index (χ1v) is 5.60. The molecule has 1 aromatic rings. The third-order valence-electron chi connectivity index (χ3n) is 1.95. The van der Waals surface area contributed by atoms with E-state index in [1.807, 2.05) is 13.8 Å². The molecule has 78 valence electrons. The van der Waals surface area contributed by atoms with Gasteiger partial charge in [0.05, 0.1) is 6.10 Å². The molecule has 0 aliphatic carbocycles. The number of halogens is 1. The van der Waals surface area contributed by atoms with E-state index in [1.54, 1.807) is 6.92 Å². The van der Waals surface area contributed by atoms with Gasteiger partial charge in [0.2, 0.25) is 0 Å². The Balaban J connectivity index is 2.82. The lowest BCUT2D eigenvalue weighted by atomic mass is 10.3. The normalized spacial score (nSPS) is 15.2. The van der Waals surface area contributed by atoms with Gasteiger partial charge in [-0.15, -0.1) is 11.8 Å². The lowest BCUT2D eigenvalue weighted by Gasteiger charge is -2.14. The van der Waals surface area contributed by atoms with Crippen molar-refractivity contribution in [2.45, 2.75) is 37.2 Å². The fraction of sp³-hybridized carbons (Fsp3) is 0.556. The highest BCUT2D eigenvalue weighted by molar-refractivity contribution is 7.99. The summed E-state index contributed by atoms with van der Waals surface area (Å²) in [5.41, 5.74) is 0.867. The molecule has 0 fully saturated rings. The fourth-order valence-electron chi connectivity index (χ4n) is 0.807. The molecule has 0 radical (unpaired) electrons. The Morgan fingerprint density at radius 2 is 2.07 bits per heavy atom. The van der Waals surface area contributed by atoms with Crippen molar-refractivity contribution in [3.63, 3.8) is 0 Å². The molecule has 2 unspecified atom stereocenters. The average Bonchev–Trinajstić information content (AvgIpc) is 2.12. The van der Waals surface area contributed by atoms with Crippen molar-refractivity contribution >= 4 is 23.4 Å². The molecule has 1 rings (SSSR count). The van der Waals surface area contributed by atoms with Crippen LogP contribution in [0.4, 0.5) is 0 Å². The summed E-state index contributed by atoms with van der Waals surface area (Å²) in [7, 11) is 0. The maximum absolute atomic E-state index is 9.35. The van der Waals surface area contributed by atoms with Crippen molar-refractivity contribution in [2.75, 3.05) is 0 Å². The third kappa shape index (κ3) is 2.83. The average molecular weight is 233 g/mol. The summed E-state index contributed by atoms with van der Waals surface area (Å²) in [4.78, 5) is 7.99. The molecular weight excluding hydrogens is 220 g/mol. The Morgan fingerprint density at radius 3 is 2.64 bits per heavy atom. The van der Waals surface area contributed by atoms with Crippen LogP contribution in [0.2, 0.25) is 5.15 Å². The molecule has 0 bridgehead atoms. The second-order valence-electron chi connectivity index (χ2n) is 3.16. The zero-order chi connectivity index (χ0) is 10.7. The van der Waals surface area contributed by atoms with E-state index in [9.17, 15) is 5.11 Å². The molecule has 1 aromatic heterocycles. The molecule has 0 aromatic carbocycles. The standard InChI is InChI=1S/C9H13ClN2OS/c1-5-8(10)11-4-12-9(5)14-7(3)6(2)13/h4,6-7,13H,1-3H3. The Labute approximate surface area is 92.9 Å². The molecular formula is C9H13ClN2OS. The van der Waals surface area contributed by atoms with Crippen LogP contribution in [0.5, 0.6) is 0 Å². The molecule has 1 N–H and O–H groups in total. The SMILES string of the molecule is Cc1c(Cl)ncnc1SC(C)C(C)O. The quantitative estimate of drug-likeness (QED) is 0.642. The molecule has 0 aliphatic rings. The predicted molar refractivity (Wildman–Crippen MR) is 58.8 cm³/mol. The molecule has 2 atom stereocenters. The molecule has 0 spiro atoms. The molecule has 14 heavy (non-hydrogen) atoms. The molecule has 0 saturated heterocycles. The van der Waals surface area contributed by atoms with Crippen LogP contribution in [0.15, 0.2) is 11.4 Å². The van der Waals surface area contributed by atoms with Gasteiger partial charge in [-0.3, -0.25) is 0 Å². The van der Waals surface area contributed by atoms with E-state index >= 15 is 0 Å². The number of nitrogens with zero attached hydrogens (tertiary/aromatic N) is 2. The molecule has 0 aliphatic heterocycles. The Bertz CT molecular complexity index is 320. The number of hydrogen-bond acceptors (Lipinski definition) is 4. The maximum atomic E-state index is 9.35. The predicted octanol–water partition coefficient (Wildman–Crippen LogP) is 2.30. The maximum Gasteiger partial charge on any atom is 0.136 e.